The minimum absolute atomic E-state index is 0.343. The minimum Gasteiger partial charge on any atom is -0.396 e. The summed E-state index contributed by atoms with van der Waals surface area (Å²) in [5.74, 6) is -1.81. The molecule has 0 aliphatic heterocycles. The Bertz CT molecular complexity index is 392. The van der Waals surface area contributed by atoms with Crippen molar-refractivity contribution in [3.05, 3.63) is 11.6 Å². The fourth-order valence-corrected chi connectivity index (χ4v) is 0.889. The Morgan fingerprint density at radius 1 is 1.25 bits per heavy atom. The van der Waals surface area contributed by atoms with Crippen LogP contribution in [-0.4, -0.2) is 11.3 Å². The highest BCUT2D eigenvalue weighted by Crippen LogP contribution is 2.34. The van der Waals surface area contributed by atoms with Gasteiger partial charge in [0.1, 0.15) is 0 Å². The van der Waals surface area contributed by atoms with Crippen LogP contribution in [0.25, 0.3) is 0 Å². The molecule has 0 fully saturated rings. The molecule has 4 N–H and O–H groups in total. The molecule has 4 nitrogen and oxygen atoms in total. The first kappa shape index (κ1) is 12.3. The van der Waals surface area contributed by atoms with Crippen LogP contribution in [0.2, 0.25) is 0 Å². The second-order valence-corrected chi connectivity index (χ2v) is 2.71. The number of halogens is 5. The normalized spacial score (nSPS) is 11.9. The van der Waals surface area contributed by atoms with Crippen LogP contribution >= 0.6 is 0 Å². The van der Waals surface area contributed by atoms with E-state index in [2.05, 4.69) is 9.72 Å². The molecule has 0 aliphatic rings. The molecule has 90 valence electrons. The number of ether oxygens (including phenoxy) is 1. The van der Waals surface area contributed by atoms with Gasteiger partial charge < -0.3 is 16.2 Å². The molecule has 0 radical (unpaired) electrons. The lowest BCUT2D eigenvalue weighted by molar-refractivity contribution is -0.276. The molecular weight excluding hydrogens is 237 g/mol. The van der Waals surface area contributed by atoms with Crippen molar-refractivity contribution in [1.29, 1.82) is 0 Å². The van der Waals surface area contributed by atoms with Crippen molar-refractivity contribution in [2.75, 3.05) is 11.5 Å². The number of nitrogen functional groups attached to an aromatic ring is 2. The monoisotopic (exact) mass is 243 g/mol. The van der Waals surface area contributed by atoms with Crippen molar-refractivity contribution >= 4 is 11.5 Å². The molecule has 1 rings (SSSR count). The summed E-state index contributed by atoms with van der Waals surface area (Å²) < 4.78 is 63.5. The van der Waals surface area contributed by atoms with E-state index >= 15 is 0 Å². The third kappa shape index (κ3) is 2.84. The molecule has 0 saturated carbocycles. The van der Waals surface area contributed by atoms with Gasteiger partial charge in [-0.15, -0.1) is 13.2 Å². The molecule has 0 saturated heterocycles. The van der Waals surface area contributed by atoms with Gasteiger partial charge in [0.05, 0.1) is 11.3 Å². The van der Waals surface area contributed by atoms with Crippen LogP contribution in [0.15, 0.2) is 6.07 Å². The number of alkyl halides is 5. The average molecular weight is 243 g/mol. The van der Waals surface area contributed by atoms with Crippen molar-refractivity contribution in [3.63, 3.8) is 0 Å². The smallest absolute Gasteiger partial charge is 0.396 e. The first-order chi connectivity index (χ1) is 7.20. The molecule has 0 amide bonds. The van der Waals surface area contributed by atoms with Gasteiger partial charge in [-0.3, -0.25) is 0 Å². The Balaban J connectivity index is 3.20. The lowest BCUT2D eigenvalue weighted by atomic mass is 10.2. The number of rotatable bonds is 2. The number of pyridine rings is 1. The van der Waals surface area contributed by atoms with E-state index in [0.29, 0.717) is 6.07 Å². The molecule has 9 heteroatoms. The maximum absolute atomic E-state index is 12.3. The summed E-state index contributed by atoms with van der Waals surface area (Å²) in [5.41, 5.74) is 8.81. The van der Waals surface area contributed by atoms with Gasteiger partial charge in [-0.25, -0.2) is 8.78 Å². The average Bonchev–Trinajstić information content (AvgIpc) is 2.07. The third-order valence-electron chi connectivity index (χ3n) is 1.52. The lowest BCUT2D eigenvalue weighted by Gasteiger charge is -2.13. The number of aromatic nitrogens is 1. The molecule has 1 aromatic rings. The van der Waals surface area contributed by atoms with E-state index in [-0.39, 0.29) is 5.69 Å². The molecule has 16 heavy (non-hydrogen) atoms. The Kier molecular flexibility index (Phi) is 3.06. The van der Waals surface area contributed by atoms with Crippen LogP contribution in [-0.2, 0) is 0 Å². The number of nitrogens with two attached hydrogens (primary N) is 2. The summed E-state index contributed by atoms with van der Waals surface area (Å²) in [7, 11) is 0. The van der Waals surface area contributed by atoms with Gasteiger partial charge in [0.25, 0.3) is 6.43 Å². The highest BCUT2D eigenvalue weighted by atomic mass is 19.4. The topological polar surface area (TPSA) is 74.2 Å². The predicted molar refractivity (Wildman–Crippen MR) is 44.7 cm³/mol. The van der Waals surface area contributed by atoms with Gasteiger partial charge in [-0.1, -0.05) is 0 Å². The number of anilines is 2. The van der Waals surface area contributed by atoms with E-state index < -0.39 is 30.0 Å². The fourth-order valence-electron chi connectivity index (χ4n) is 0.889. The summed E-state index contributed by atoms with van der Waals surface area (Å²) in [4.78, 5) is 3.01. The first-order valence-electron chi connectivity index (χ1n) is 3.80. The summed E-state index contributed by atoms with van der Waals surface area (Å²) in [6.07, 6.45) is -8.33. The maximum Gasteiger partial charge on any atom is 0.574 e. The van der Waals surface area contributed by atoms with Gasteiger partial charge in [0.15, 0.2) is 5.82 Å². The van der Waals surface area contributed by atoms with E-state index in [1.807, 2.05) is 0 Å². The van der Waals surface area contributed by atoms with Crippen LogP contribution in [0, 0.1) is 0 Å². The Morgan fingerprint density at radius 2 is 1.81 bits per heavy atom. The quantitative estimate of drug-likeness (QED) is 0.780. The zero-order valence-electron chi connectivity index (χ0n) is 7.55. The Morgan fingerprint density at radius 3 is 2.25 bits per heavy atom. The van der Waals surface area contributed by atoms with Crippen LogP contribution in [0.3, 0.4) is 0 Å². The van der Waals surface area contributed by atoms with E-state index in [9.17, 15) is 22.0 Å². The van der Waals surface area contributed by atoms with E-state index in [1.165, 1.54) is 0 Å². The van der Waals surface area contributed by atoms with Crippen LogP contribution in [0.4, 0.5) is 33.5 Å². The summed E-state index contributed by atoms with van der Waals surface area (Å²) in [6, 6.07) is 0.591. The van der Waals surface area contributed by atoms with Gasteiger partial charge >= 0.3 is 6.36 Å². The SMILES string of the molecule is Nc1cc(C(F)F)c(OC(F)(F)F)nc1N. The molecule has 0 bridgehead atoms. The summed E-state index contributed by atoms with van der Waals surface area (Å²) >= 11 is 0. The van der Waals surface area contributed by atoms with Gasteiger partial charge in [-0.05, 0) is 6.07 Å². The van der Waals surface area contributed by atoms with E-state index in [4.69, 9.17) is 11.5 Å². The van der Waals surface area contributed by atoms with Crippen molar-refractivity contribution in [2.24, 2.45) is 0 Å². The van der Waals surface area contributed by atoms with Crippen molar-refractivity contribution in [2.45, 2.75) is 12.8 Å². The van der Waals surface area contributed by atoms with Gasteiger partial charge in [0, 0.05) is 0 Å². The summed E-state index contributed by atoms with van der Waals surface area (Å²) in [6.45, 7) is 0. The minimum atomic E-state index is -5.13. The second kappa shape index (κ2) is 3.99. The number of hydrogen-bond donors (Lipinski definition) is 2. The van der Waals surface area contributed by atoms with Crippen LogP contribution < -0.4 is 16.2 Å². The van der Waals surface area contributed by atoms with Crippen LogP contribution in [0.5, 0.6) is 5.88 Å². The molecule has 0 atom stereocenters. The fraction of sp³-hybridized carbons (Fsp3) is 0.286. The highest BCUT2D eigenvalue weighted by Gasteiger charge is 2.34. The molecule has 0 spiro atoms. The molecule has 0 unspecified atom stereocenters. The van der Waals surface area contributed by atoms with Crippen molar-refractivity contribution in [1.82, 2.24) is 4.98 Å². The maximum atomic E-state index is 12.3. The number of hydrogen-bond acceptors (Lipinski definition) is 4. The van der Waals surface area contributed by atoms with Crippen LogP contribution in [0.1, 0.15) is 12.0 Å². The summed E-state index contributed by atoms with van der Waals surface area (Å²) in [5, 5.41) is 0. The highest BCUT2D eigenvalue weighted by molar-refractivity contribution is 5.61. The van der Waals surface area contributed by atoms with Crippen molar-refractivity contribution < 1.29 is 26.7 Å². The Labute approximate surface area is 86.0 Å². The standard InChI is InChI=1S/C7H6F5N3O/c8-4(9)2-1-3(13)5(14)15-6(2)16-7(10,11)12/h1,4H,13H2,(H2,14,15). The van der Waals surface area contributed by atoms with E-state index in [1.54, 1.807) is 0 Å². The number of nitrogens with zero attached hydrogens (tertiary/aromatic N) is 1. The zero-order valence-corrected chi connectivity index (χ0v) is 7.55. The van der Waals surface area contributed by atoms with Gasteiger partial charge in [-0.2, -0.15) is 4.98 Å². The van der Waals surface area contributed by atoms with E-state index in [0.717, 1.165) is 0 Å². The van der Waals surface area contributed by atoms with Gasteiger partial charge in [0.2, 0.25) is 5.88 Å². The first-order valence-corrected chi connectivity index (χ1v) is 3.80. The second-order valence-electron chi connectivity index (χ2n) is 2.71. The molecule has 1 heterocycles. The molecular formula is C7H6F5N3O. The zero-order chi connectivity index (χ0) is 12.5. The third-order valence-corrected chi connectivity index (χ3v) is 1.52. The molecule has 0 aromatic carbocycles. The largest absolute Gasteiger partial charge is 0.574 e. The Hall–Kier alpha value is -1.80. The van der Waals surface area contributed by atoms with Crippen molar-refractivity contribution in [3.8, 4) is 5.88 Å². The predicted octanol–water partition coefficient (Wildman–Crippen LogP) is 2.08. The lowest BCUT2D eigenvalue weighted by Crippen LogP contribution is -2.19. The molecule has 1 aromatic heterocycles. The molecule has 0 aliphatic carbocycles.